The van der Waals surface area contributed by atoms with Gasteiger partial charge in [0.05, 0.1) is 28.8 Å². The van der Waals surface area contributed by atoms with Gasteiger partial charge in [0.25, 0.3) is 0 Å². The number of nitrogens with zero attached hydrogens (tertiary/aromatic N) is 6. The number of fused-ring (bicyclic) bond motifs is 3. The molecule has 11 nitrogen and oxygen atoms in total. The first kappa shape index (κ1) is 24.0. The number of amides is 1. The first-order valence-corrected chi connectivity index (χ1v) is 12.7. The standard InChI is InChI=1S/C25H29ClN8O3/c1-14-20(27)25(13-36-14)7-10-33(11-8-25)23-29-21-17(22-28-9-12-34(22)23)19(30-31-21)15-5-4-6-16(18(15)26)37-24(35)32(2)3/h4-6,9,12,14,20H,7-8,10-11,13,27H2,1-3H3,(H,30,31)/t14-,20+/m0/s1. The van der Waals surface area contributed by atoms with Crippen LogP contribution in [0.2, 0.25) is 5.02 Å². The molecule has 0 unspecified atom stereocenters. The van der Waals surface area contributed by atoms with Gasteiger partial charge in [0.15, 0.2) is 17.0 Å². The quantitative estimate of drug-likeness (QED) is 0.418. The Bertz CT molecular complexity index is 1490. The number of anilines is 1. The van der Waals surface area contributed by atoms with E-state index in [1.54, 1.807) is 32.4 Å². The van der Waals surface area contributed by atoms with Crippen LogP contribution in [-0.4, -0.2) is 81.5 Å². The van der Waals surface area contributed by atoms with Crippen molar-refractivity contribution in [1.82, 2.24) is 29.5 Å². The van der Waals surface area contributed by atoms with Crippen molar-refractivity contribution in [2.45, 2.75) is 31.9 Å². The summed E-state index contributed by atoms with van der Waals surface area (Å²) >= 11 is 6.69. The maximum Gasteiger partial charge on any atom is 0.414 e. The van der Waals surface area contributed by atoms with Gasteiger partial charge in [-0.05, 0) is 25.8 Å². The SMILES string of the molecule is C[C@@H]1OCC2(CCN(c3nc4n[nH]c(-c5cccc(OC(=O)N(C)C)c5Cl)c4c4nccn34)CC2)[C@@H]1N. The minimum absolute atomic E-state index is 0.0192. The summed E-state index contributed by atoms with van der Waals surface area (Å²) in [5.41, 5.74) is 9.07. The van der Waals surface area contributed by atoms with Gasteiger partial charge in [-0.1, -0.05) is 23.7 Å². The summed E-state index contributed by atoms with van der Waals surface area (Å²) in [5.74, 6) is 1.04. The molecule has 37 heavy (non-hydrogen) atoms. The Hall–Kier alpha value is -3.41. The predicted molar refractivity (Wildman–Crippen MR) is 140 cm³/mol. The normalized spacial score (nSPS) is 21.3. The Balaban J connectivity index is 1.37. The van der Waals surface area contributed by atoms with Crippen molar-refractivity contribution in [1.29, 1.82) is 0 Å². The van der Waals surface area contributed by atoms with Crippen molar-refractivity contribution < 1.29 is 14.3 Å². The third kappa shape index (κ3) is 3.80. The van der Waals surface area contributed by atoms with Crippen molar-refractivity contribution in [3.05, 3.63) is 35.6 Å². The summed E-state index contributed by atoms with van der Waals surface area (Å²) in [5, 5.41) is 8.62. The molecule has 2 aliphatic rings. The van der Waals surface area contributed by atoms with Crippen LogP contribution in [0.1, 0.15) is 19.8 Å². The highest BCUT2D eigenvalue weighted by Crippen LogP contribution is 2.43. The molecule has 2 fully saturated rings. The van der Waals surface area contributed by atoms with E-state index < -0.39 is 6.09 Å². The number of H-pyrrole nitrogens is 1. The molecule has 5 heterocycles. The van der Waals surface area contributed by atoms with Crippen LogP contribution >= 0.6 is 11.6 Å². The number of hydrogen-bond donors (Lipinski definition) is 2. The first-order valence-electron chi connectivity index (χ1n) is 12.3. The lowest BCUT2D eigenvalue weighted by atomic mass is 9.73. The van der Waals surface area contributed by atoms with E-state index in [0.717, 1.165) is 37.3 Å². The Labute approximate surface area is 218 Å². The number of nitrogens with one attached hydrogen (secondary N) is 1. The number of halogens is 1. The molecule has 0 bridgehead atoms. The second kappa shape index (κ2) is 8.86. The van der Waals surface area contributed by atoms with Crippen molar-refractivity contribution in [3.8, 4) is 17.0 Å². The molecule has 4 aromatic rings. The fraction of sp³-hybridized carbons (Fsp3) is 0.440. The molecule has 194 valence electrons. The highest BCUT2D eigenvalue weighted by atomic mass is 35.5. The average Bonchev–Trinajstić information content (AvgIpc) is 3.60. The Kier molecular flexibility index (Phi) is 5.74. The second-order valence-electron chi connectivity index (χ2n) is 10.1. The molecule has 1 amide bonds. The maximum atomic E-state index is 12.1. The molecular formula is C25H29ClN8O3. The Morgan fingerprint density at radius 2 is 2.11 bits per heavy atom. The lowest BCUT2D eigenvalue weighted by Gasteiger charge is -2.41. The molecule has 0 saturated carbocycles. The number of carbonyl (C=O) groups is 1. The topological polar surface area (TPSA) is 127 Å². The fourth-order valence-corrected chi connectivity index (χ4v) is 5.69. The number of nitrogens with two attached hydrogens (primary N) is 1. The first-order chi connectivity index (χ1) is 17.8. The molecule has 2 aliphatic heterocycles. The van der Waals surface area contributed by atoms with E-state index in [4.69, 9.17) is 31.8 Å². The Morgan fingerprint density at radius 1 is 1.32 bits per heavy atom. The van der Waals surface area contributed by atoms with Crippen LogP contribution in [0, 0.1) is 5.41 Å². The number of aromatic amines is 1. The van der Waals surface area contributed by atoms with E-state index in [2.05, 4.69) is 27.0 Å². The molecule has 0 aliphatic carbocycles. The third-order valence-corrected chi connectivity index (χ3v) is 8.11. The number of hydrogen-bond acceptors (Lipinski definition) is 8. The highest BCUT2D eigenvalue weighted by molar-refractivity contribution is 6.35. The smallest absolute Gasteiger partial charge is 0.409 e. The van der Waals surface area contributed by atoms with E-state index in [9.17, 15) is 4.79 Å². The third-order valence-electron chi connectivity index (χ3n) is 7.72. The van der Waals surface area contributed by atoms with Gasteiger partial charge < -0.3 is 25.0 Å². The van der Waals surface area contributed by atoms with Crippen molar-refractivity contribution in [2.24, 2.45) is 11.1 Å². The second-order valence-corrected chi connectivity index (χ2v) is 10.5. The molecule has 12 heteroatoms. The molecule has 1 aromatic carbocycles. The maximum absolute atomic E-state index is 12.1. The zero-order valence-electron chi connectivity index (χ0n) is 20.9. The predicted octanol–water partition coefficient (Wildman–Crippen LogP) is 3.32. The van der Waals surface area contributed by atoms with Crippen LogP contribution in [0.15, 0.2) is 30.6 Å². The summed E-state index contributed by atoms with van der Waals surface area (Å²) in [4.78, 5) is 25.3. The van der Waals surface area contributed by atoms with Gasteiger partial charge >= 0.3 is 6.09 Å². The average molecular weight is 525 g/mol. The van der Waals surface area contributed by atoms with Crippen LogP contribution in [0.4, 0.5) is 10.7 Å². The molecular weight excluding hydrogens is 496 g/mol. The van der Waals surface area contributed by atoms with E-state index in [1.165, 1.54) is 4.90 Å². The largest absolute Gasteiger partial charge is 0.414 e. The van der Waals surface area contributed by atoms with Gasteiger partial charge in [0, 0.05) is 56.6 Å². The van der Waals surface area contributed by atoms with Crippen molar-refractivity contribution in [2.75, 3.05) is 38.7 Å². The number of aromatic nitrogens is 5. The van der Waals surface area contributed by atoms with E-state index in [0.29, 0.717) is 34.2 Å². The van der Waals surface area contributed by atoms with Crippen LogP contribution in [0.3, 0.4) is 0 Å². The number of carbonyl (C=O) groups excluding carboxylic acids is 1. The van der Waals surface area contributed by atoms with E-state index in [-0.39, 0.29) is 23.3 Å². The summed E-state index contributed by atoms with van der Waals surface area (Å²) in [6.07, 6.45) is 5.10. The van der Waals surface area contributed by atoms with Gasteiger partial charge in [-0.15, -0.1) is 0 Å². The van der Waals surface area contributed by atoms with Gasteiger partial charge in [-0.25, -0.2) is 9.78 Å². The molecule has 1 spiro atoms. The highest BCUT2D eigenvalue weighted by Gasteiger charge is 2.47. The number of imidazole rings is 1. The lowest BCUT2D eigenvalue weighted by Crippen LogP contribution is -2.51. The fourth-order valence-electron chi connectivity index (χ4n) is 5.43. The summed E-state index contributed by atoms with van der Waals surface area (Å²) in [7, 11) is 3.22. The number of ether oxygens (including phenoxy) is 2. The monoisotopic (exact) mass is 524 g/mol. The summed E-state index contributed by atoms with van der Waals surface area (Å²) < 4.78 is 13.3. The van der Waals surface area contributed by atoms with Crippen LogP contribution < -0.4 is 15.4 Å². The zero-order chi connectivity index (χ0) is 25.9. The van der Waals surface area contributed by atoms with Gasteiger partial charge in [0.1, 0.15) is 0 Å². The van der Waals surface area contributed by atoms with Crippen LogP contribution in [-0.2, 0) is 4.74 Å². The van der Waals surface area contributed by atoms with E-state index >= 15 is 0 Å². The molecule has 6 rings (SSSR count). The lowest BCUT2D eigenvalue weighted by molar-refractivity contribution is 0.0973. The van der Waals surface area contributed by atoms with Crippen LogP contribution in [0.25, 0.3) is 27.9 Å². The van der Waals surface area contributed by atoms with Gasteiger partial charge in [0.2, 0.25) is 5.95 Å². The summed E-state index contributed by atoms with van der Waals surface area (Å²) in [6.45, 7) is 4.40. The minimum Gasteiger partial charge on any atom is -0.409 e. The van der Waals surface area contributed by atoms with E-state index in [1.807, 2.05) is 16.7 Å². The molecule has 2 atom stereocenters. The van der Waals surface area contributed by atoms with Crippen molar-refractivity contribution in [3.63, 3.8) is 0 Å². The van der Waals surface area contributed by atoms with Crippen molar-refractivity contribution >= 4 is 40.3 Å². The minimum atomic E-state index is -0.515. The van der Waals surface area contributed by atoms with Gasteiger partial charge in [-0.3, -0.25) is 9.50 Å². The number of benzene rings is 1. The molecule has 0 radical (unpaired) electrons. The van der Waals surface area contributed by atoms with Gasteiger partial charge in [-0.2, -0.15) is 10.1 Å². The molecule has 3 aromatic heterocycles. The van der Waals surface area contributed by atoms with Crippen LogP contribution in [0.5, 0.6) is 5.75 Å². The Morgan fingerprint density at radius 3 is 2.81 bits per heavy atom. The summed E-state index contributed by atoms with van der Waals surface area (Å²) in [6, 6.07) is 5.31. The number of piperidine rings is 1. The molecule has 3 N–H and O–H groups in total. The molecule has 2 saturated heterocycles. The number of rotatable bonds is 3. The zero-order valence-corrected chi connectivity index (χ0v) is 21.7.